The van der Waals surface area contributed by atoms with Gasteiger partial charge < -0.3 is 9.47 Å². The van der Waals surface area contributed by atoms with Crippen molar-refractivity contribution in [1.29, 1.82) is 0 Å². The normalized spacial score (nSPS) is 10.3. The molecule has 2 rings (SSSR count). The lowest BCUT2D eigenvalue weighted by atomic mass is 10.2. The predicted molar refractivity (Wildman–Crippen MR) is 87.0 cm³/mol. The zero-order valence-corrected chi connectivity index (χ0v) is 13.5. The van der Waals surface area contributed by atoms with Crippen molar-refractivity contribution in [2.24, 2.45) is 0 Å². The third kappa shape index (κ3) is 4.67. The lowest BCUT2D eigenvalue weighted by molar-refractivity contribution is 0.111. The second-order valence-electron chi connectivity index (χ2n) is 5.28. The van der Waals surface area contributed by atoms with Crippen molar-refractivity contribution in [2.45, 2.75) is 26.3 Å². The van der Waals surface area contributed by atoms with E-state index in [1.54, 1.807) is 11.8 Å². The summed E-state index contributed by atoms with van der Waals surface area (Å²) in [7, 11) is 1.63. The molecule has 0 aliphatic carbocycles. The van der Waals surface area contributed by atoms with Gasteiger partial charge in [-0.25, -0.2) is 4.68 Å². The Labute approximate surface area is 135 Å². The highest BCUT2D eigenvalue weighted by molar-refractivity contribution is 5.73. The summed E-state index contributed by atoms with van der Waals surface area (Å²) in [6, 6.07) is 7.43. The second kappa shape index (κ2) is 8.12. The topological polar surface area (TPSA) is 66.2 Å². The molecule has 6 heteroatoms. The number of aldehydes is 1. The first kappa shape index (κ1) is 16.7. The first-order valence-electron chi connectivity index (χ1n) is 7.43. The molecule has 0 saturated heterocycles. The Bertz CT molecular complexity index is 662. The fraction of sp³-hybridized carbons (Fsp3) is 0.353. The highest BCUT2D eigenvalue weighted by Gasteiger charge is 2.12. The molecule has 0 fully saturated rings. The Hall–Kier alpha value is -2.63. The Morgan fingerprint density at radius 3 is 2.61 bits per heavy atom. The molecule has 1 heterocycles. The van der Waals surface area contributed by atoms with Crippen LogP contribution in [0.25, 0.3) is 0 Å². The zero-order valence-electron chi connectivity index (χ0n) is 13.5. The predicted octanol–water partition coefficient (Wildman–Crippen LogP) is 2.69. The minimum Gasteiger partial charge on any atom is -0.497 e. The molecule has 0 saturated carbocycles. The smallest absolute Gasteiger partial charge is 0.172 e. The molecule has 0 atom stereocenters. The third-order valence-corrected chi connectivity index (χ3v) is 3.29. The molecule has 122 valence electrons. The quantitative estimate of drug-likeness (QED) is 0.404. The van der Waals surface area contributed by atoms with Crippen molar-refractivity contribution in [3.63, 3.8) is 0 Å². The van der Waals surface area contributed by atoms with Gasteiger partial charge >= 0.3 is 0 Å². The molecule has 0 unspecified atom stereocenters. The van der Waals surface area contributed by atoms with Gasteiger partial charge in [0.25, 0.3) is 0 Å². The van der Waals surface area contributed by atoms with E-state index in [2.05, 4.69) is 16.9 Å². The van der Waals surface area contributed by atoms with Gasteiger partial charge in [-0.1, -0.05) is 17.4 Å². The Balaban J connectivity index is 1.88. The summed E-state index contributed by atoms with van der Waals surface area (Å²) < 4.78 is 12.5. The number of allylic oxidation sites excluding steroid dienone is 1. The largest absolute Gasteiger partial charge is 0.497 e. The second-order valence-corrected chi connectivity index (χ2v) is 5.28. The minimum absolute atomic E-state index is 0.385. The van der Waals surface area contributed by atoms with Crippen molar-refractivity contribution in [3.05, 3.63) is 47.8 Å². The summed E-state index contributed by atoms with van der Waals surface area (Å²) >= 11 is 0. The molecular formula is C17H21N3O3. The standard InChI is InChI=1S/C17H21N3O3/c1-13(2)11-20-17(16(12-21)18-19-20)5-4-10-23-15-8-6-14(22-3)7-9-15/h6-9,12H,1,4-5,10-11H2,2-3H3. The van der Waals surface area contributed by atoms with Crippen LogP contribution in [0.4, 0.5) is 0 Å². The van der Waals surface area contributed by atoms with Crippen LogP contribution in [0.3, 0.4) is 0 Å². The molecule has 1 aromatic carbocycles. The summed E-state index contributed by atoms with van der Waals surface area (Å²) in [5, 5.41) is 7.90. The number of aromatic nitrogens is 3. The Kier molecular flexibility index (Phi) is 5.91. The Morgan fingerprint density at radius 2 is 2.00 bits per heavy atom. The first-order valence-corrected chi connectivity index (χ1v) is 7.43. The lowest BCUT2D eigenvalue weighted by Crippen LogP contribution is -2.09. The molecule has 0 amide bonds. The molecule has 2 aromatic rings. The highest BCUT2D eigenvalue weighted by atomic mass is 16.5. The van der Waals surface area contributed by atoms with Crippen molar-refractivity contribution >= 4 is 6.29 Å². The highest BCUT2D eigenvalue weighted by Crippen LogP contribution is 2.17. The van der Waals surface area contributed by atoms with Crippen molar-refractivity contribution in [2.75, 3.05) is 13.7 Å². The molecule has 23 heavy (non-hydrogen) atoms. The number of carbonyl (C=O) groups excluding carboxylic acids is 1. The van der Waals surface area contributed by atoms with Crippen LogP contribution in [0.5, 0.6) is 11.5 Å². The van der Waals surface area contributed by atoms with Gasteiger partial charge in [-0.15, -0.1) is 5.10 Å². The van der Waals surface area contributed by atoms with Crippen LogP contribution in [0, 0.1) is 0 Å². The summed E-state index contributed by atoms with van der Waals surface area (Å²) in [4.78, 5) is 11.1. The average Bonchev–Trinajstić information content (AvgIpc) is 2.93. The van der Waals surface area contributed by atoms with E-state index in [-0.39, 0.29) is 0 Å². The van der Waals surface area contributed by atoms with E-state index in [0.717, 1.165) is 35.5 Å². The average molecular weight is 315 g/mol. The molecular weight excluding hydrogens is 294 g/mol. The molecule has 0 aliphatic heterocycles. The van der Waals surface area contributed by atoms with E-state index < -0.39 is 0 Å². The molecule has 0 aliphatic rings. The van der Waals surface area contributed by atoms with Crippen molar-refractivity contribution in [3.8, 4) is 11.5 Å². The van der Waals surface area contributed by atoms with E-state index in [1.807, 2.05) is 31.2 Å². The molecule has 1 aromatic heterocycles. The number of carbonyl (C=O) groups is 1. The van der Waals surface area contributed by atoms with E-state index in [9.17, 15) is 4.79 Å². The van der Waals surface area contributed by atoms with Gasteiger partial charge in [0.1, 0.15) is 17.2 Å². The number of nitrogens with zero attached hydrogens (tertiary/aromatic N) is 3. The van der Waals surface area contributed by atoms with E-state index >= 15 is 0 Å². The van der Waals surface area contributed by atoms with Crippen LogP contribution < -0.4 is 9.47 Å². The molecule has 6 nitrogen and oxygen atoms in total. The number of methoxy groups -OCH3 is 1. The van der Waals surface area contributed by atoms with Crippen LogP contribution in [0.1, 0.15) is 29.5 Å². The summed E-state index contributed by atoms with van der Waals surface area (Å²) in [6.07, 6.45) is 2.17. The van der Waals surface area contributed by atoms with Gasteiger partial charge in [-0.3, -0.25) is 4.79 Å². The number of rotatable bonds is 9. The zero-order chi connectivity index (χ0) is 16.7. The minimum atomic E-state index is 0.385. The molecule has 0 radical (unpaired) electrons. The van der Waals surface area contributed by atoms with Gasteiger partial charge in [0.2, 0.25) is 0 Å². The maximum atomic E-state index is 11.1. The number of hydrogen-bond acceptors (Lipinski definition) is 5. The summed E-state index contributed by atoms with van der Waals surface area (Å²) in [6.45, 7) is 6.89. The van der Waals surface area contributed by atoms with Gasteiger partial charge in [0.05, 0.1) is 26.0 Å². The maximum absolute atomic E-state index is 11.1. The summed E-state index contributed by atoms with van der Waals surface area (Å²) in [5.41, 5.74) is 2.17. The van der Waals surface area contributed by atoms with Crippen LogP contribution in [0.15, 0.2) is 36.4 Å². The SMILES string of the molecule is C=C(C)Cn1nnc(C=O)c1CCCOc1ccc(OC)cc1. The van der Waals surface area contributed by atoms with Crippen LogP contribution >= 0.6 is 0 Å². The monoisotopic (exact) mass is 315 g/mol. The summed E-state index contributed by atoms with van der Waals surface area (Å²) in [5.74, 6) is 1.58. The van der Waals surface area contributed by atoms with E-state index in [4.69, 9.17) is 9.47 Å². The fourth-order valence-corrected chi connectivity index (χ4v) is 2.18. The Morgan fingerprint density at radius 1 is 1.30 bits per heavy atom. The first-order chi connectivity index (χ1) is 11.1. The lowest BCUT2D eigenvalue weighted by Gasteiger charge is -2.08. The van der Waals surface area contributed by atoms with Crippen LogP contribution in [-0.4, -0.2) is 35.0 Å². The maximum Gasteiger partial charge on any atom is 0.172 e. The third-order valence-electron chi connectivity index (χ3n) is 3.29. The van der Waals surface area contributed by atoms with Crippen molar-refractivity contribution in [1.82, 2.24) is 15.0 Å². The van der Waals surface area contributed by atoms with Crippen molar-refractivity contribution < 1.29 is 14.3 Å². The van der Waals surface area contributed by atoms with Gasteiger partial charge in [-0.2, -0.15) is 0 Å². The molecule has 0 N–H and O–H groups in total. The van der Waals surface area contributed by atoms with Crippen LogP contribution in [0.2, 0.25) is 0 Å². The molecule has 0 bridgehead atoms. The van der Waals surface area contributed by atoms with Gasteiger partial charge in [0.15, 0.2) is 6.29 Å². The van der Waals surface area contributed by atoms with E-state index in [0.29, 0.717) is 25.3 Å². The molecule has 0 spiro atoms. The fourth-order valence-electron chi connectivity index (χ4n) is 2.18. The number of ether oxygens (including phenoxy) is 2. The van der Waals surface area contributed by atoms with Gasteiger partial charge in [0, 0.05) is 0 Å². The number of hydrogen-bond donors (Lipinski definition) is 0. The van der Waals surface area contributed by atoms with E-state index in [1.165, 1.54) is 0 Å². The van der Waals surface area contributed by atoms with Crippen LogP contribution in [-0.2, 0) is 13.0 Å². The number of benzene rings is 1. The van der Waals surface area contributed by atoms with Gasteiger partial charge in [-0.05, 0) is 44.0 Å².